The van der Waals surface area contributed by atoms with Gasteiger partial charge < -0.3 is 19.3 Å². The van der Waals surface area contributed by atoms with Crippen LogP contribution in [0.4, 0.5) is 4.79 Å². The summed E-state index contributed by atoms with van der Waals surface area (Å²) < 4.78 is 7.38. The van der Waals surface area contributed by atoms with Crippen molar-refractivity contribution in [2.45, 2.75) is 45.3 Å². The molecule has 1 unspecified atom stereocenters. The maximum absolute atomic E-state index is 12.3. The molecule has 0 radical (unpaired) electrons. The smallest absolute Gasteiger partial charge is 0.410 e. The molecule has 3 heterocycles. The monoisotopic (exact) mass is 384 g/mol. The van der Waals surface area contributed by atoms with Gasteiger partial charge >= 0.3 is 6.09 Å². The van der Waals surface area contributed by atoms with Crippen LogP contribution in [0.1, 0.15) is 38.8 Å². The van der Waals surface area contributed by atoms with E-state index in [1.54, 1.807) is 15.5 Å². The van der Waals surface area contributed by atoms with Crippen LogP contribution in [0, 0.1) is 5.92 Å². The number of hydrogen-bond acceptors (Lipinski definition) is 4. The van der Waals surface area contributed by atoms with Crippen LogP contribution in [0.5, 0.6) is 5.75 Å². The van der Waals surface area contributed by atoms with Crippen LogP contribution in [0.2, 0.25) is 0 Å². The SMILES string of the molecule is CC(C)(C)OC(=O)N1CC2C[C@H](C1)c1cc(O)c(Br)c(=O)n1C2. The molecular formula is C16H21BrN2O4. The van der Waals surface area contributed by atoms with Crippen LogP contribution in [0.25, 0.3) is 0 Å². The first kappa shape index (κ1) is 16.4. The van der Waals surface area contributed by atoms with E-state index in [9.17, 15) is 14.7 Å². The van der Waals surface area contributed by atoms with Gasteiger partial charge in [0, 0.05) is 37.3 Å². The van der Waals surface area contributed by atoms with E-state index in [1.807, 2.05) is 20.8 Å². The summed E-state index contributed by atoms with van der Waals surface area (Å²) in [5.74, 6) is 0.221. The van der Waals surface area contributed by atoms with Crippen molar-refractivity contribution in [3.8, 4) is 5.75 Å². The summed E-state index contributed by atoms with van der Waals surface area (Å²) >= 11 is 3.14. The van der Waals surface area contributed by atoms with E-state index in [0.717, 1.165) is 12.1 Å². The van der Waals surface area contributed by atoms with Gasteiger partial charge in [-0.1, -0.05) is 0 Å². The van der Waals surface area contributed by atoms with Crippen molar-refractivity contribution >= 4 is 22.0 Å². The van der Waals surface area contributed by atoms with E-state index in [1.165, 1.54) is 0 Å². The number of amides is 1. The standard InChI is InChI=1S/C16H21BrN2O4/c1-16(2,3)23-15(22)18-6-9-4-10(8-18)11-5-12(20)13(17)14(21)19(11)7-9/h5,9-10,20H,4,6-8H2,1-3H3/t9?,10-/m1/s1. The largest absolute Gasteiger partial charge is 0.506 e. The maximum atomic E-state index is 12.3. The summed E-state index contributed by atoms with van der Waals surface area (Å²) in [5.41, 5.74) is 0.0577. The van der Waals surface area contributed by atoms with E-state index < -0.39 is 5.60 Å². The summed E-state index contributed by atoms with van der Waals surface area (Å²) in [7, 11) is 0. The number of likely N-dealkylation sites (tertiary alicyclic amines) is 1. The van der Waals surface area contributed by atoms with Crippen LogP contribution in [0.3, 0.4) is 0 Å². The normalized spacial score (nSPS) is 23.4. The van der Waals surface area contributed by atoms with E-state index >= 15 is 0 Å². The molecule has 0 aromatic carbocycles. The van der Waals surface area contributed by atoms with Gasteiger partial charge in [-0.2, -0.15) is 0 Å². The van der Waals surface area contributed by atoms with E-state index in [4.69, 9.17) is 4.74 Å². The molecule has 0 saturated carbocycles. The molecule has 1 fully saturated rings. The number of carbonyl (C=O) groups is 1. The highest BCUT2D eigenvalue weighted by Crippen LogP contribution is 2.37. The third kappa shape index (κ3) is 3.11. The molecule has 7 heteroatoms. The van der Waals surface area contributed by atoms with Crippen LogP contribution in [-0.4, -0.2) is 39.4 Å². The number of pyridine rings is 1. The lowest BCUT2D eigenvalue weighted by molar-refractivity contribution is 0.0101. The number of rotatable bonds is 0. The molecule has 2 aliphatic rings. The molecule has 1 saturated heterocycles. The molecular weight excluding hydrogens is 364 g/mol. The van der Waals surface area contributed by atoms with Crippen LogP contribution in [-0.2, 0) is 11.3 Å². The minimum atomic E-state index is -0.526. The molecule has 3 rings (SSSR count). The number of aromatic hydroxyl groups is 1. The third-order valence-corrected chi connectivity index (χ3v) is 5.05. The Labute approximate surface area is 143 Å². The molecule has 0 aliphatic carbocycles. The average molecular weight is 385 g/mol. The van der Waals surface area contributed by atoms with Gasteiger partial charge in [0.15, 0.2) is 0 Å². The van der Waals surface area contributed by atoms with Gasteiger partial charge in [-0.25, -0.2) is 4.79 Å². The minimum Gasteiger partial charge on any atom is -0.506 e. The second-order valence-electron chi connectivity index (χ2n) is 7.37. The molecule has 126 valence electrons. The Morgan fingerprint density at radius 2 is 2.04 bits per heavy atom. The van der Waals surface area contributed by atoms with Crippen molar-refractivity contribution in [2.75, 3.05) is 13.1 Å². The lowest BCUT2D eigenvalue weighted by atomic mass is 9.83. The number of halogens is 1. The van der Waals surface area contributed by atoms with Crippen LogP contribution < -0.4 is 5.56 Å². The fraction of sp³-hybridized carbons (Fsp3) is 0.625. The van der Waals surface area contributed by atoms with E-state index in [0.29, 0.717) is 19.6 Å². The predicted octanol–water partition coefficient (Wildman–Crippen LogP) is 2.67. The van der Waals surface area contributed by atoms with Crippen molar-refractivity contribution in [3.63, 3.8) is 0 Å². The first-order valence-electron chi connectivity index (χ1n) is 7.76. The van der Waals surface area contributed by atoms with E-state index in [2.05, 4.69) is 15.9 Å². The maximum Gasteiger partial charge on any atom is 0.410 e. The fourth-order valence-electron chi connectivity index (χ4n) is 3.44. The highest BCUT2D eigenvalue weighted by Gasteiger charge is 2.38. The van der Waals surface area contributed by atoms with Gasteiger partial charge in [-0.15, -0.1) is 0 Å². The van der Waals surface area contributed by atoms with Gasteiger partial charge in [0.25, 0.3) is 5.56 Å². The summed E-state index contributed by atoms with van der Waals surface area (Å²) in [4.78, 5) is 26.4. The number of ether oxygens (including phenoxy) is 1. The molecule has 0 spiro atoms. The fourth-order valence-corrected chi connectivity index (χ4v) is 3.77. The second-order valence-corrected chi connectivity index (χ2v) is 8.16. The Kier molecular flexibility index (Phi) is 3.94. The number of fused-ring (bicyclic) bond motifs is 4. The zero-order chi connectivity index (χ0) is 16.9. The number of carbonyl (C=O) groups excluding carboxylic acids is 1. The lowest BCUT2D eigenvalue weighted by Crippen LogP contribution is -2.50. The Bertz CT molecular complexity index is 707. The van der Waals surface area contributed by atoms with Gasteiger partial charge in [-0.05, 0) is 49.0 Å². The van der Waals surface area contributed by atoms with Gasteiger partial charge in [0.2, 0.25) is 0 Å². The highest BCUT2D eigenvalue weighted by atomic mass is 79.9. The quantitative estimate of drug-likeness (QED) is 0.746. The first-order valence-corrected chi connectivity index (χ1v) is 8.55. The molecule has 23 heavy (non-hydrogen) atoms. The average Bonchev–Trinajstić information content (AvgIpc) is 2.44. The third-order valence-electron chi connectivity index (χ3n) is 4.30. The summed E-state index contributed by atoms with van der Waals surface area (Å²) in [6.45, 7) is 7.20. The molecule has 2 bridgehead atoms. The topological polar surface area (TPSA) is 71.8 Å². The minimum absolute atomic E-state index is 0.0433. The van der Waals surface area contributed by atoms with Gasteiger partial charge in [-0.3, -0.25) is 4.79 Å². The summed E-state index contributed by atoms with van der Waals surface area (Å²) in [6, 6.07) is 1.63. The van der Waals surface area contributed by atoms with Crippen molar-refractivity contribution < 1.29 is 14.6 Å². The predicted molar refractivity (Wildman–Crippen MR) is 88.7 cm³/mol. The van der Waals surface area contributed by atoms with Gasteiger partial charge in [0.1, 0.15) is 15.8 Å². The summed E-state index contributed by atoms with van der Waals surface area (Å²) in [5, 5.41) is 9.92. The Morgan fingerprint density at radius 1 is 1.35 bits per heavy atom. The van der Waals surface area contributed by atoms with Crippen molar-refractivity contribution in [2.24, 2.45) is 5.92 Å². The van der Waals surface area contributed by atoms with Crippen molar-refractivity contribution in [1.29, 1.82) is 0 Å². The Morgan fingerprint density at radius 3 is 2.70 bits per heavy atom. The summed E-state index contributed by atoms with van der Waals surface area (Å²) in [6.07, 6.45) is 0.601. The van der Waals surface area contributed by atoms with Crippen LogP contribution >= 0.6 is 15.9 Å². The second kappa shape index (κ2) is 5.54. The van der Waals surface area contributed by atoms with Gasteiger partial charge in [0.05, 0.1) is 0 Å². The molecule has 1 aromatic heterocycles. The molecule has 1 aromatic rings. The number of aromatic nitrogens is 1. The first-order chi connectivity index (χ1) is 10.7. The highest BCUT2D eigenvalue weighted by molar-refractivity contribution is 9.10. The molecule has 2 atom stereocenters. The molecule has 2 aliphatic heterocycles. The zero-order valence-electron chi connectivity index (χ0n) is 13.5. The molecule has 6 nitrogen and oxygen atoms in total. The van der Waals surface area contributed by atoms with E-state index in [-0.39, 0.29) is 33.7 Å². The number of nitrogens with zero attached hydrogens (tertiary/aromatic N) is 2. The Balaban J connectivity index is 1.89. The Hall–Kier alpha value is -1.50. The number of hydrogen-bond donors (Lipinski definition) is 1. The lowest BCUT2D eigenvalue weighted by Gasteiger charge is -2.42. The molecule has 1 N–H and O–H groups in total. The van der Waals surface area contributed by atoms with Crippen molar-refractivity contribution in [1.82, 2.24) is 9.47 Å². The van der Waals surface area contributed by atoms with Crippen LogP contribution in [0.15, 0.2) is 15.3 Å². The zero-order valence-corrected chi connectivity index (χ0v) is 15.1. The molecule has 1 amide bonds. The number of piperidine rings is 1. The van der Waals surface area contributed by atoms with Crippen molar-refractivity contribution in [3.05, 3.63) is 26.6 Å².